The van der Waals surface area contributed by atoms with Gasteiger partial charge in [0.05, 0.1) is 35.0 Å². The highest BCUT2D eigenvalue weighted by Crippen LogP contribution is 2.35. The van der Waals surface area contributed by atoms with E-state index in [4.69, 9.17) is 4.74 Å². The van der Waals surface area contributed by atoms with Gasteiger partial charge in [0, 0.05) is 35.5 Å². The van der Waals surface area contributed by atoms with Gasteiger partial charge in [0.25, 0.3) is 0 Å². The quantitative estimate of drug-likeness (QED) is 0.464. The molecule has 1 N–H and O–H groups in total. The monoisotopic (exact) mass is 444 g/mol. The lowest BCUT2D eigenvalue weighted by Crippen LogP contribution is -2.17. The Morgan fingerprint density at radius 3 is 2.55 bits per heavy atom. The van der Waals surface area contributed by atoms with Gasteiger partial charge in [-0.2, -0.15) is 15.3 Å². The van der Waals surface area contributed by atoms with Gasteiger partial charge in [0.2, 0.25) is 0 Å². The number of hydrogen-bond acceptors (Lipinski definition) is 7. The van der Waals surface area contributed by atoms with E-state index in [9.17, 15) is 4.39 Å². The van der Waals surface area contributed by atoms with Crippen LogP contribution in [0.1, 0.15) is 48.8 Å². The highest BCUT2D eigenvalue weighted by molar-refractivity contribution is 5.96. The number of anilines is 1. The van der Waals surface area contributed by atoms with Crippen LogP contribution in [-0.2, 0) is 4.74 Å². The third-order valence-corrected chi connectivity index (χ3v) is 6.05. The third kappa shape index (κ3) is 4.52. The lowest BCUT2D eigenvalue weighted by atomic mass is 9.92. The first kappa shape index (κ1) is 21.3. The fraction of sp³-hybridized carbons (Fsp3) is 0.320. The molecule has 4 aromatic rings. The number of benzene rings is 1. The van der Waals surface area contributed by atoms with E-state index in [0.29, 0.717) is 17.4 Å². The van der Waals surface area contributed by atoms with E-state index in [2.05, 4.69) is 36.8 Å². The molecule has 3 aromatic heterocycles. The molecule has 1 aliphatic rings. The first-order chi connectivity index (χ1) is 16.1. The minimum Gasteiger partial charge on any atom is -0.381 e. The molecule has 1 aromatic carbocycles. The second-order valence-corrected chi connectivity index (χ2v) is 8.41. The van der Waals surface area contributed by atoms with Gasteiger partial charge in [0.15, 0.2) is 5.82 Å². The number of nitrogens with zero attached hydrogens (tertiary/aromatic N) is 5. The minimum absolute atomic E-state index is 0.114. The molecule has 1 atom stereocenters. The number of fused-ring (bicyclic) bond motifs is 1. The maximum atomic E-state index is 13.4. The molecule has 4 heterocycles. The second-order valence-electron chi connectivity index (χ2n) is 8.41. The third-order valence-electron chi connectivity index (χ3n) is 6.05. The minimum atomic E-state index is -0.359. The Labute approximate surface area is 191 Å². The average Bonchev–Trinajstić information content (AvgIpc) is 2.85. The van der Waals surface area contributed by atoms with Crippen molar-refractivity contribution >= 4 is 16.6 Å². The van der Waals surface area contributed by atoms with Crippen LogP contribution in [0.2, 0.25) is 0 Å². The molecule has 0 spiro atoms. The van der Waals surface area contributed by atoms with Gasteiger partial charge < -0.3 is 10.1 Å². The fourth-order valence-corrected chi connectivity index (χ4v) is 4.18. The van der Waals surface area contributed by atoms with Gasteiger partial charge in [-0.15, -0.1) is 5.10 Å². The SMILES string of the molecule is Cc1ccc(C(C)Nc2nnc(C3CCOCC3)c3ccc(-c4ccc(F)cn4)cc23)nn1. The van der Waals surface area contributed by atoms with Crippen LogP contribution in [0.4, 0.5) is 10.2 Å². The molecule has 33 heavy (non-hydrogen) atoms. The molecule has 7 nitrogen and oxygen atoms in total. The summed E-state index contributed by atoms with van der Waals surface area (Å²) in [5, 5.41) is 23.1. The molecule has 1 unspecified atom stereocenters. The maximum absolute atomic E-state index is 13.4. The van der Waals surface area contributed by atoms with Crippen molar-refractivity contribution in [2.24, 2.45) is 0 Å². The first-order valence-electron chi connectivity index (χ1n) is 11.2. The fourth-order valence-electron chi connectivity index (χ4n) is 4.18. The van der Waals surface area contributed by atoms with Crippen molar-refractivity contribution < 1.29 is 9.13 Å². The van der Waals surface area contributed by atoms with Crippen LogP contribution in [0.15, 0.2) is 48.7 Å². The van der Waals surface area contributed by atoms with Crippen LogP contribution in [0.25, 0.3) is 22.0 Å². The van der Waals surface area contributed by atoms with E-state index in [1.807, 2.05) is 38.1 Å². The van der Waals surface area contributed by atoms with E-state index < -0.39 is 0 Å². The molecule has 5 rings (SSSR count). The van der Waals surface area contributed by atoms with Crippen molar-refractivity contribution in [3.05, 3.63) is 71.6 Å². The zero-order valence-corrected chi connectivity index (χ0v) is 18.6. The summed E-state index contributed by atoms with van der Waals surface area (Å²) in [6, 6.07) is 13.0. The standard InChI is InChI=1S/C25H25FN6O/c1-15-3-7-22(30-29-15)16(2)28-25-21-13-18(23-8-5-19(26)14-27-23)4-6-20(21)24(31-32-25)17-9-11-33-12-10-17/h3-8,13-14,16-17H,9-12H2,1-2H3,(H,28,32). The van der Waals surface area contributed by atoms with Gasteiger partial charge in [-0.25, -0.2) is 4.39 Å². The molecule has 8 heteroatoms. The van der Waals surface area contributed by atoms with Crippen molar-refractivity contribution in [2.45, 2.75) is 38.6 Å². The summed E-state index contributed by atoms with van der Waals surface area (Å²) in [4.78, 5) is 4.25. The van der Waals surface area contributed by atoms with Gasteiger partial charge >= 0.3 is 0 Å². The summed E-state index contributed by atoms with van der Waals surface area (Å²) in [6.45, 7) is 5.39. The predicted octanol–water partition coefficient (Wildman–Crippen LogP) is 5.00. The van der Waals surface area contributed by atoms with Crippen molar-refractivity contribution in [2.75, 3.05) is 18.5 Å². The molecule has 0 amide bonds. The molecule has 1 saturated heterocycles. The van der Waals surface area contributed by atoms with Crippen LogP contribution in [0.5, 0.6) is 0 Å². The smallest absolute Gasteiger partial charge is 0.157 e. The van der Waals surface area contributed by atoms with Gasteiger partial charge in [-0.3, -0.25) is 4.98 Å². The Morgan fingerprint density at radius 1 is 0.970 bits per heavy atom. The number of nitrogens with one attached hydrogen (secondary N) is 1. The number of ether oxygens (including phenoxy) is 1. The van der Waals surface area contributed by atoms with E-state index in [-0.39, 0.29) is 11.9 Å². The van der Waals surface area contributed by atoms with Crippen LogP contribution in [-0.4, -0.2) is 38.6 Å². The predicted molar refractivity (Wildman–Crippen MR) is 124 cm³/mol. The summed E-state index contributed by atoms with van der Waals surface area (Å²) in [5.41, 5.74) is 4.26. The Balaban J connectivity index is 1.58. The summed E-state index contributed by atoms with van der Waals surface area (Å²) < 4.78 is 18.9. The lowest BCUT2D eigenvalue weighted by Gasteiger charge is -2.23. The van der Waals surface area contributed by atoms with Crippen molar-refractivity contribution in [1.29, 1.82) is 0 Å². The van der Waals surface area contributed by atoms with Crippen molar-refractivity contribution in [3.63, 3.8) is 0 Å². The number of rotatable bonds is 5. The molecule has 0 bridgehead atoms. The molecule has 0 saturated carbocycles. The summed E-state index contributed by atoms with van der Waals surface area (Å²) in [5.74, 6) is 0.611. The second kappa shape index (κ2) is 9.15. The molecule has 168 valence electrons. The highest BCUT2D eigenvalue weighted by atomic mass is 19.1. The Bertz CT molecular complexity index is 1260. The van der Waals surface area contributed by atoms with Crippen LogP contribution in [0.3, 0.4) is 0 Å². The number of halogens is 1. The summed E-state index contributed by atoms with van der Waals surface area (Å²) in [7, 11) is 0. The zero-order valence-electron chi connectivity index (χ0n) is 18.6. The zero-order chi connectivity index (χ0) is 22.8. The van der Waals surface area contributed by atoms with Crippen molar-refractivity contribution in [1.82, 2.24) is 25.4 Å². The lowest BCUT2D eigenvalue weighted by molar-refractivity contribution is 0.0846. The number of aryl methyl sites for hydroxylation is 1. The van der Waals surface area contributed by atoms with Crippen LogP contribution < -0.4 is 5.32 Å². The van der Waals surface area contributed by atoms with E-state index in [0.717, 1.165) is 59.5 Å². The summed E-state index contributed by atoms with van der Waals surface area (Å²) in [6.07, 6.45) is 3.08. The first-order valence-corrected chi connectivity index (χ1v) is 11.2. The molecule has 0 radical (unpaired) electrons. The van der Waals surface area contributed by atoms with E-state index in [1.165, 1.54) is 12.3 Å². The molecule has 0 aliphatic carbocycles. The number of hydrogen-bond donors (Lipinski definition) is 1. The van der Waals surface area contributed by atoms with Crippen molar-refractivity contribution in [3.8, 4) is 11.3 Å². The Morgan fingerprint density at radius 2 is 1.82 bits per heavy atom. The largest absolute Gasteiger partial charge is 0.381 e. The topological polar surface area (TPSA) is 85.7 Å². The van der Waals surface area contributed by atoms with Crippen LogP contribution in [0, 0.1) is 12.7 Å². The molecule has 1 fully saturated rings. The Hall–Kier alpha value is -3.52. The Kier molecular flexibility index (Phi) is 5.92. The van der Waals surface area contributed by atoms with Gasteiger partial charge in [-0.1, -0.05) is 12.1 Å². The van der Waals surface area contributed by atoms with E-state index in [1.54, 1.807) is 6.07 Å². The molecule has 1 aliphatic heterocycles. The maximum Gasteiger partial charge on any atom is 0.157 e. The highest BCUT2D eigenvalue weighted by Gasteiger charge is 2.22. The summed E-state index contributed by atoms with van der Waals surface area (Å²) >= 11 is 0. The number of pyridine rings is 1. The normalized spacial score (nSPS) is 15.5. The van der Waals surface area contributed by atoms with Gasteiger partial charge in [0.1, 0.15) is 5.82 Å². The molecular weight excluding hydrogens is 419 g/mol. The average molecular weight is 445 g/mol. The number of aromatic nitrogens is 5. The molecular formula is C25H25FN6O. The van der Waals surface area contributed by atoms with Gasteiger partial charge in [-0.05, 0) is 57.0 Å². The van der Waals surface area contributed by atoms with E-state index >= 15 is 0 Å². The van der Waals surface area contributed by atoms with Crippen LogP contribution >= 0.6 is 0 Å².